The van der Waals surface area contributed by atoms with Crippen LogP contribution in [0.15, 0.2) is 18.2 Å². The Morgan fingerprint density at radius 3 is 2.61 bits per heavy atom. The molecule has 0 spiro atoms. The van der Waals surface area contributed by atoms with Gasteiger partial charge in [-0.25, -0.2) is 4.79 Å². The number of nitriles is 1. The second-order valence-corrected chi connectivity index (χ2v) is 3.89. The molecule has 1 rings (SSSR count). The number of carboxylic acid groups (broad SMARTS) is 1. The number of Topliss-reactive ketones (excluding diaryl/α,β-unsaturated/α-hetero) is 1. The van der Waals surface area contributed by atoms with E-state index in [1.54, 1.807) is 6.07 Å². The van der Waals surface area contributed by atoms with Crippen molar-refractivity contribution in [2.24, 2.45) is 0 Å². The van der Waals surface area contributed by atoms with E-state index in [1.807, 2.05) is 0 Å². The van der Waals surface area contributed by atoms with E-state index < -0.39 is 12.1 Å². The van der Waals surface area contributed by atoms with Gasteiger partial charge in [-0.1, -0.05) is 12.1 Å². The number of nitrogens with zero attached hydrogens (tertiary/aromatic N) is 1. The molecular formula is C12H10ClNO4. The molecule has 2 N–H and O–H groups in total. The van der Waals surface area contributed by atoms with Crippen molar-refractivity contribution in [2.45, 2.75) is 12.5 Å². The van der Waals surface area contributed by atoms with Crippen molar-refractivity contribution in [3.05, 3.63) is 34.9 Å². The van der Waals surface area contributed by atoms with Crippen molar-refractivity contribution < 1.29 is 19.8 Å². The van der Waals surface area contributed by atoms with Gasteiger partial charge in [-0.05, 0) is 6.07 Å². The Labute approximate surface area is 108 Å². The zero-order valence-electron chi connectivity index (χ0n) is 9.26. The molecule has 18 heavy (non-hydrogen) atoms. The number of halogens is 1. The number of hydrogen-bond donors (Lipinski definition) is 2. The number of carboxylic acids is 1. The number of carbonyl (C=O) groups excluding carboxylic acids is 1. The Hall–Kier alpha value is -1.90. The molecule has 0 aliphatic heterocycles. The van der Waals surface area contributed by atoms with Crippen molar-refractivity contribution >= 4 is 23.4 Å². The zero-order chi connectivity index (χ0) is 13.7. The number of alkyl halides is 1. The maximum atomic E-state index is 11.6. The third-order valence-corrected chi connectivity index (χ3v) is 2.53. The van der Waals surface area contributed by atoms with Gasteiger partial charge in [0.25, 0.3) is 0 Å². The molecule has 1 atom stereocenters. The van der Waals surface area contributed by atoms with Crippen LogP contribution in [-0.2, 0) is 4.79 Å². The van der Waals surface area contributed by atoms with E-state index in [9.17, 15) is 14.7 Å². The summed E-state index contributed by atoms with van der Waals surface area (Å²) in [4.78, 5) is 22.2. The largest absolute Gasteiger partial charge is 0.479 e. The maximum Gasteiger partial charge on any atom is 0.337 e. The molecular weight excluding hydrogens is 258 g/mol. The van der Waals surface area contributed by atoms with Crippen molar-refractivity contribution in [1.29, 1.82) is 5.26 Å². The van der Waals surface area contributed by atoms with E-state index in [0.29, 0.717) is 0 Å². The molecule has 1 aromatic rings. The number of ketones is 1. The lowest BCUT2D eigenvalue weighted by Gasteiger charge is -2.09. The van der Waals surface area contributed by atoms with Gasteiger partial charge >= 0.3 is 5.97 Å². The van der Waals surface area contributed by atoms with Crippen LogP contribution in [0.4, 0.5) is 0 Å². The van der Waals surface area contributed by atoms with Crippen LogP contribution in [0.1, 0.15) is 34.0 Å². The topological polar surface area (TPSA) is 98.4 Å². The van der Waals surface area contributed by atoms with Gasteiger partial charge in [0, 0.05) is 23.4 Å². The van der Waals surface area contributed by atoms with E-state index in [2.05, 4.69) is 0 Å². The first kappa shape index (κ1) is 14.2. The molecule has 0 saturated heterocycles. The molecule has 0 aromatic heterocycles. The maximum absolute atomic E-state index is 11.6. The molecule has 0 amide bonds. The molecule has 0 fully saturated rings. The molecule has 0 aliphatic rings. The van der Waals surface area contributed by atoms with Crippen LogP contribution >= 0.6 is 11.6 Å². The van der Waals surface area contributed by atoms with Gasteiger partial charge in [-0.3, -0.25) is 4.79 Å². The van der Waals surface area contributed by atoms with Gasteiger partial charge < -0.3 is 10.2 Å². The summed E-state index contributed by atoms with van der Waals surface area (Å²) in [5.74, 6) is -1.52. The fourth-order valence-electron chi connectivity index (χ4n) is 1.43. The molecule has 0 radical (unpaired) electrons. The molecule has 0 aliphatic carbocycles. The summed E-state index contributed by atoms with van der Waals surface area (Å²) in [6, 6.07) is 5.66. The summed E-state index contributed by atoms with van der Waals surface area (Å²) in [5.41, 5.74) is 0.200. The van der Waals surface area contributed by atoms with Crippen molar-refractivity contribution in [3.63, 3.8) is 0 Å². The van der Waals surface area contributed by atoms with Gasteiger partial charge in [0.05, 0.1) is 11.6 Å². The number of hydrogen-bond acceptors (Lipinski definition) is 4. The van der Waals surface area contributed by atoms with Crippen molar-refractivity contribution in [1.82, 2.24) is 0 Å². The molecule has 0 saturated carbocycles. The highest BCUT2D eigenvalue weighted by molar-refractivity contribution is 6.19. The number of carbonyl (C=O) groups is 2. The highest BCUT2D eigenvalue weighted by Crippen LogP contribution is 2.20. The van der Waals surface area contributed by atoms with E-state index in [-0.39, 0.29) is 34.8 Å². The summed E-state index contributed by atoms with van der Waals surface area (Å²) in [6.45, 7) is 0. The number of aliphatic hydroxyl groups excluding tert-OH is 1. The molecule has 94 valence electrons. The minimum absolute atomic E-state index is 0.0348. The van der Waals surface area contributed by atoms with Gasteiger partial charge in [0.1, 0.15) is 0 Å². The molecule has 6 heteroatoms. The van der Waals surface area contributed by atoms with E-state index in [0.717, 1.165) is 0 Å². The molecule has 0 heterocycles. The van der Waals surface area contributed by atoms with Gasteiger partial charge in [-0.2, -0.15) is 5.26 Å². The lowest BCUT2D eigenvalue weighted by Crippen LogP contribution is -2.12. The predicted octanol–water partition coefficient (Wildman–Crippen LogP) is 1.49. The van der Waals surface area contributed by atoms with Gasteiger partial charge in [0.15, 0.2) is 11.9 Å². The normalized spacial score (nSPS) is 11.6. The van der Waals surface area contributed by atoms with Crippen LogP contribution < -0.4 is 0 Å². The zero-order valence-corrected chi connectivity index (χ0v) is 10.0. The average molecular weight is 268 g/mol. The highest BCUT2D eigenvalue weighted by atomic mass is 35.5. The third-order valence-electron chi connectivity index (χ3n) is 2.35. The Bertz CT molecular complexity index is 521. The van der Waals surface area contributed by atoms with Gasteiger partial charge in [-0.15, -0.1) is 11.6 Å². The Morgan fingerprint density at radius 2 is 2.11 bits per heavy atom. The Kier molecular flexibility index (Phi) is 4.84. The molecule has 0 bridgehead atoms. The van der Waals surface area contributed by atoms with Crippen LogP contribution in [-0.4, -0.2) is 27.8 Å². The highest BCUT2D eigenvalue weighted by Gasteiger charge is 2.20. The first-order valence-electron chi connectivity index (χ1n) is 5.05. The summed E-state index contributed by atoms with van der Waals surface area (Å²) in [5, 5.41) is 27.0. The third kappa shape index (κ3) is 3.06. The van der Waals surface area contributed by atoms with Crippen LogP contribution in [0.2, 0.25) is 0 Å². The van der Waals surface area contributed by atoms with E-state index in [4.69, 9.17) is 22.0 Å². The molecule has 1 aromatic carbocycles. The Morgan fingerprint density at radius 1 is 1.44 bits per heavy atom. The lowest BCUT2D eigenvalue weighted by atomic mass is 9.98. The van der Waals surface area contributed by atoms with E-state index >= 15 is 0 Å². The SMILES string of the molecule is N#Cc1cc(C(=O)CCCl)ccc1C(O)C(=O)O. The van der Waals surface area contributed by atoms with Crippen LogP contribution in [0.25, 0.3) is 0 Å². The van der Waals surface area contributed by atoms with Crippen LogP contribution in [0, 0.1) is 11.3 Å². The number of aliphatic hydroxyl groups is 1. The second kappa shape index (κ2) is 6.15. The fourth-order valence-corrected chi connectivity index (χ4v) is 1.60. The number of aliphatic carboxylic acids is 1. The minimum atomic E-state index is -1.78. The molecule has 1 unspecified atom stereocenters. The fraction of sp³-hybridized carbons (Fsp3) is 0.250. The van der Waals surface area contributed by atoms with Crippen LogP contribution in [0.5, 0.6) is 0 Å². The first-order chi connectivity index (χ1) is 8.51. The summed E-state index contributed by atoms with van der Waals surface area (Å²) in [6.07, 6.45) is -1.65. The summed E-state index contributed by atoms with van der Waals surface area (Å²) < 4.78 is 0. The van der Waals surface area contributed by atoms with E-state index in [1.165, 1.54) is 18.2 Å². The average Bonchev–Trinajstić information content (AvgIpc) is 2.37. The predicted molar refractivity (Wildman–Crippen MR) is 63.4 cm³/mol. The standard InChI is InChI=1S/C12H10ClNO4/c13-4-3-10(15)7-1-2-9(8(5-7)6-14)11(16)12(17)18/h1-2,5,11,16H,3-4H2,(H,17,18). The summed E-state index contributed by atoms with van der Waals surface area (Å²) >= 11 is 5.44. The smallest absolute Gasteiger partial charge is 0.337 e. The lowest BCUT2D eigenvalue weighted by molar-refractivity contribution is -0.146. The monoisotopic (exact) mass is 267 g/mol. The van der Waals surface area contributed by atoms with Gasteiger partial charge in [0.2, 0.25) is 0 Å². The van der Waals surface area contributed by atoms with Crippen molar-refractivity contribution in [2.75, 3.05) is 5.88 Å². The minimum Gasteiger partial charge on any atom is -0.479 e. The quantitative estimate of drug-likeness (QED) is 0.622. The van der Waals surface area contributed by atoms with Crippen molar-refractivity contribution in [3.8, 4) is 6.07 Å². The molecule has 5 nitrogen and oxygen atoms in total. The first-order valence-corrected chi connectivity index (χ1v) is 5.58. The number of benzene rings is 1. The summed E-state index contributed by atoms with van der Waals surface area (Å²) in [7, 11) is 0. The Balaban J connectivity index is 3.16. The van der Waals surface area contributed by atoms with Crippen LogP contribution in [0.3, 0.4) is 0 Å². The second-order valence-electron chi connectivity index (χ2n) is 3.52. The number of rotatable bonds is 5.